The van der Waals surface area contributed by atoms with Gasteiger partial charge in [-0.2, -0.15) is 0 Å². The van der Waals surface area contributed by atoms with Gasteiger partial charge in [0.2, 0.25) is 0 Å². The van der Waals surface area contributed by atoms with Crippen molar-refractivity contribution >= 4 is 16.3 Å². The van der Waals surface area contributed by atoms with Gasteiger partial charge in [0, 0.05) is 0 Å². The zero-order valence-electron chi connectivity index (χ0n) is 9.15. The normalized spacial score (nSPS) is 16.1. The predicted molar refractivity (Wildman–Crippen MR) is 67.4 cm³/mol. The van der Waals surface area contributed by atoms with Crippen molar-refractivity contribution in [2.75, 3.05) is 13.2 Å². The molecule has 0 spiro atoms. The van der Waals surface area contributed by atoms with Crippen LogP contribution < -0.4 is 0 Å². The van der Waals surface area contributed by atoms with Gasteiger partial charge < -0.3 is 4.74 Å². The molecule has 1 nitrogen and oxygen atoms in total. The van der Waals surface area contributed by atoms with Gasteiger partial charge in [0.05, 0.1) is 13.2 Å². The van der Waals surface area contributed by atoms with E-state index in [0.29, 0.717) is 0 Å². The van der Waals surface area contributed by atoms with Crippen molar-refractivity contribution in [1.29, 1.82) is 0 Å². The maximum absolute atomic E-state index is 5.36. The maximum atomic E-state index is 5.36. The van der Waals surface area contributed by atoms with E-state index in [1.807, 2.05) is 0 Å². The quantitative estimate of drug-likeness (QED) is 0.698. The van der Waals surface area contributed by atoms with E-state index in [2.05, 4.69) is 48.5 Å². The molecule has 0 atom stereocenters. The van der Waals surface area contributed by atoms with Crippen molar-refractivity contribution in [2.24, 2.45) is 0 Å². The van der Waals surface area contributed by atoms with Crippen LogP contribution in [0.15, 0.2) is 48.5 Å². The number of fused-ring (bicyclic) bond motifs is 1. The summed E-state index contributed by atoms with van der Waals surface area (Å²) in [7, 11) is 0. The van der Waals surface area contributed by atoms with Gasteiger partial charge in [-0.25, -0.2) is 0 Å². The number of ether oxygens (including phenoxy) is 1. The Morgan fingerprint density at radius 3 is 2.69 bits per heavy atom. The molecular formula is C15H14O. The van der Waals surface area contributed by atoms with E-state index in [1.54, 1.807) is 0 Å². The van der Waals surface area contributed by atoms with Crippen LogP contribution in [-0.4, -0.2) is 13.2 Å². The first-order valence-corrected chi connectivity index (χ1v) is 5.70. The van der Waals surface area contributed by atoms with Crippen LogP contribution in [0, 0.1) is 0 Å². The second-order valence-electron chi connectivity index (χ2n) is 4.08. The molecular weight excluding hydrogens is 196 g/mol. The lowest BCUT2D eigenvalue weighted by Gasteiger charge is -2.15. The molecule has 0 radical (unpaired) electrons. The molecule has 0 saturated carbocycles. The van der Waals surface area contributed by atoms with E-state index >= 15 is 0 Å². The molecule has 1 heterocycles. The van der Waals surface area contributed by atoms with E-state index in [0.717, 1.165) is 19.6 Å². The molecule has 1 aliphatic heterocycles. The van der Waals surface area contributed by atoms with E-state index in [4.69, 9.17) is 4.74 Å². The molecule has 80 valence electrons. The molecule has 2 aromatic rings. The summed E-state index contributed by atoms with van der Waals surface area (Å²) >= 11 is 0. The summed E-state index contributed by atoms with van der Waals surface area (Å²) in [6, 6.07) is 15.1. The van der Waals surface area contributed by atoms with Crippen molar-refractivity contribution in [1.82, 2.24) is 0 Å². The van der Waals surface area contributed by atoms with Crippen molar-refractivity contribution in [3.63, 3.8) is 0 Å². The first-order valence-electron chi connectivity index (χ1n) is 5.70. The molecule has 2 aromatic carbocycles. The van der Waals surface area contributed by atoms with Crippen LogP contribution in [0.2, 0.25) is 0 Å². The van der Waals surface area contributed by atoms with Crippen LogP contribution in [0.25, 0.3) is 16.3 Å². The Kier molecular flexibility index (Phi) is 2.47. The Bertz CT molecular complexity index is 535. The number of benzene rings is 2. The van der Waals surface area contributed by atoms with Crippen LogP contribution in [0.5, 0.6) is 0 Å². The molecule has 0 amide bonds. The van der Waals surface area contributed by atoms with Crippen LogP contribution in [-0.2, 0) is 4.74 Å². The molecule has 0 unspecified atom stereocenters. The smallest absolute Gasteiger partial charge is 0.0653 e. The summed E-state index contributed by atoms with van der Waals surface area (Å²) in [5.74, 6) is 0. The fourth-order valence-corrected chi connectivity index (χ4v) is 2.28. The monoisotopic (exact) mass is 210 g/mol. The highest BCUT2D eigenvalue weighted by Gasteiger charge is 2.08. The zero-order valence-corrected chi connectivity index (χ0v) is 9.15. The Morgan fingerprint density at radius 1 is 0.938 bits per heavy atom. The highest BCUT2D eigenvalue weighted by Crippen LogP contribution is 2.28. The minimum atomic E-state index is 0.749. The summed E-state index contributed by atoms with van der Waals surface area (Å²) in [5, 5.41) is 2.66. The lowest BCUT2D eigenvalue weighted by Crippen LogP contribution is -2.03. The molecule has 16 heavy (non-hydrogen) atoms. The van der Waals surface area contributed by atoms with Crippen LogP contribution in [0.4, 0.5) is 0 Å². The first kappa shape index (κ1) is 9.61. The van der Waals surface area contributed by atoms with E-state index in [9.17, 15) is 0 Å². The van der Waals surface area contributed by atoms with Gasteiger partial charge in [0.15, 0.2) is 0 Å². The molecule has 1 heteroatoms. The number of hydrogen-bond acceptors (Lipinski definition) is 1. The molecule has 0 aliphatic carbocycles. The highest BCUT2D eigenvalue weighted by molar-refractivity contribution is 5.93. The number of rotatable bonds is 1. The van der Waals surface area contributed by atoms with Crippen molar-refractivity contribution in [2.45, 2.75) is 6.42 Å². The summed E-state index contributed by atoms with van der Waals surface area (Å²) in [6.45, 7) is 1.59. The van der Waals surface area contributed by atoms with Crippen LogP contribution in [0.1, 0.15) is 12.0 Å². The molecule has 1 aliphatic rings. The third-order valence-corrected chi connectivity index (χ3v) is 3.10. The molecule has 0 N–H and O–H groups in total. The fraction of sp³-hybridized carbons (Fsp3) is 0.200. The summed E-state index contributed by atoms with van der Waals surface area (Å²) < 4.78 is 5.36. The molecule has 3 rings (SSSR count). The van der Waals surface area contributed by atoms with E-state index < -0.39 is 0 Å². The van der Waals surface area contributed by atoms with Crippen molar-refractivity contribution in [3.05, 3.63) is 54.1 Å². The van der Waals surface area contributed by atoms with Crippen molar-refractivity contribution < 1.29 is 4.74 Å². The van der Waals surface area contributed by atoms with Crippen LogP contribution >= 0.6 is 0 Å². The average Bonchev–Trinajstić information content (AvgIpc) is 2.39. The van der Waals surface area contributed by atoms with Crippen molar-refractivity contribution in [3.8, 4) is 0 Å². The largest absolute Gasteiger partial charge is 0.377 e. The molecule has 0 saturated heterocycles. The summed E-state index contributed by atoms with van der Waals surface area (Å²) in [5.41, 5.74) is 2.78. The first-order chi connectivity index (χ1) is 7.95. The Balaban J connectivity index is 2.19. The SMILES string of the molecule is C1=C(c2cccc3ccccc23)CCOC1. The van der Waals surface area contributed by atoms with Gasteiger partial charge in [0.25, 0.3) is 0 Å². The second-order valence-corrected chi connectivity index (χ2v) is 4.08. The second kappa shape index (κ2) is 4.11. The van der Waals surface area contributed by atoms with Gasteiger partial charge >= 0.3 is 0 Å². The lowest BCUT2D eigenvalue weighted by atomic mass is 9.95. The minimum absolute atomic E-state index is 0.749. The van der Waals surface area contributed by atoms with Gasteiger partial charge in [-0.05, 0) is 28.3 Å². The maximum Gasteiger partial charge on any atom is 0.0653 e. The minimum Gasteiger partial charge on any atom is -0.377 e. The van der Waals surface area contributed by atoms with E-state index in [-0.39, 0.29) is 0 Å². The van der Waals surface area contributed by atoms with Gasteiger partial charge in [-0.15, -0.1) is 0 Å². The van der Waals surface area contributed by atoms with Gasteiger partial charge in [-0.3, -0.25) is 0 Å². The number of hydrogen-bond donors (Lipinski definition) is 0. The fourth-order valence-electron chi connectivity index (χ4n) is 2.28. The molecule has 0 aromatic heterocycles. The standard InChI is InChI=1S/C15H14O/c1-2-6-14-12(4-1)5-3-7-15(14)13-8-10-16-11-9-13/h1-8H,9-11H2. The predicted octanol–water partition coefficient (Wildman–Crippen LogP) is 3.64. The van der Waals surface area contributed by atoms with Crippen LogP contribution in [0.3, 0.4) is 0 Å². The highest BCUT2D eigenvalue weighted by atomic mass is 16.5. The zero-order chi connectivity index (χ0) is 10.8. The topological polar surface area (TPSA) is 9.23 Å². The third-order valence-electron chi connectivity index (χ3n) is 3.10. The lowest BCUT2D eigenvalue weighted by molar-refractivity contribution is 0.161. The Morgan fingerprint density at radius 2 is 1.81 bits per heavy atom. The summed E-state index contributed by atoms with van der Waals surface area (Å²) in [6.07, 6.45) is 3.22. The average molecular weight is 210 g/mol. The molecule has 0 fully saturated rings. The summed E-state index contributed by atoms with van der Waals surface area (Å²) in [4.78, 5) is 0. The van der Waals surface area contributed by atoms with Gasteiger partial charge in [-0.1, -0.05) is 48.5 Å². The van der Waals surface area contributed by atoms with E-state index in [1.165, 1.54) is 21.9 Å². The Hall–Kier alpha value is -1.60. The molecule has 0 bridgehead atoms. The Labute approximate surface area is 95.4 Å². The van der Waals surface area contributed by atoms with Gasteiger partial charge in [0.1, 0.15) is 0 Å². The third kappa shape index (κ3) is 1.63.